The summed E-state index contributed by atoms with van der Waals surface area (Å²) in [7, 11) is 3.27. The Bertz CT molecular complexity index is 1120. The van der Waals surface area contributed by atoms with E-state index in [1.807, 2.05) is 61.5 Å². The van der Waals surface area contributed by atoms with E-state index in [0.717, 1.165) is 29.7 Å². The summed E-state index contributed by atoms with van der Waals surface area (Å²) in [4.78, 5) is 15.2. The summed E-state index contributed by atoms with van der Waals surface area (Å²) in [5.41, 5.74) is 4.30. The van der Waals surface area contributed by atoms with Crippen molar-refractivity contribution in [1.29, 1.82) is 0 Å². The fourth-order valence-corrected chi connectivity index (χ4v) is 4.78. The van der Waals surface area contributed by atoms with Crippen LogP contribution < -0.4 is 14.8 Å². The van der Waals surface area contributed by atoms with Crippen LogP contribution in [-0.4, -0.2) is 37.6 Å². The molecule has 0 bridgehead atoms. The summed E-state index contributed by atoms with van der Waals surface area (Å²) in [6.07, 6.45) is 1.17. The standard InChI is InChI=1S/C28H31FN2O3/c1-19(30-27(32)15-20-7-5-4-6-8-20)28-24-17-26(34-3)25(33-2)16-22(24)13-14-31(28)18-21-9-11-23(29)12-10-21/h4-12,16-17,19,28H,13-15,18H2,1-3H3,(H,30,32)/t19-,28-/m0/s1. The van der Waals surface area contributed by atoms with E-state index in [0.29, 0.717) is 24.5 Å². The van der Waals surface area contributed by atoms with Gasteiger partial charge in [-0.05, 0) is 59.9 Å². The maximum absolute atomic E-state index is 13.5. The molecule has 1 N–H and O–H groups in total. The van der Waals surface area contributed by atoms with Crippen LogP contribution in [0.25, 0.3) is 0 Å². The molecule has 1 aliphatic heterocycles. The molecular formula is C28H31FN2O3. The Morgan fingerprint density at radius 3 is 2.38 bits per heavy atom. The molecular weight excluding hydrogens is 431 g/mol. The summed E-state index contributed by atoms with van der Waals surface area (Å²) < 4.78 is 24.6. The molecule has 1 amide bonds. The number of nitrogens with zero attached hydrogens (tertiary/aromatic N) is 1. The van der Waals surface area contributed by atoms with Gasteiger partial charge in [-0.15, -0.1) is 0 Å². The maximum atomic E-state index is 13.5. The lowest BCUT2D eigenvalue weighted by Crippen LogP contribution is -2.47. The quantitative estimate of drug-likeness (QED) is 0.528. The van der Waals surface area contributed by atoms with Crippen LogP contribution in [0.2, 0.25) is 0 Å². The third-order valence-corrected chi connectivity index (χ3v) is 6.39. The highest BCUT2D eigenvalue weighted by molar-refractivity contribution is 5.79. The average molecular weight is 463 g/mol. The summed E-state index contributed by atoms with van der Waals surface area (Å²) in [6, 6.07) is 20.2. The van der Waals surface area contributed by atoms with Gasteiger partial charge in [-0.2, -0.15) is 0 Å². The molecule has 0 radical (unpaired) electrons. The number of carbonyl (C=O) groups excluding carboxylic acids is 1. The molecule has 0 saturated carbocycles. The number of ether oxygens (including phenoxy) is 2. The molecule has 1 aliphatic rings. The lowest BCUT2D eigenvalue weighted by atomic mass is 9.87. The number of hydrogen-bond donors (Lipinski definition) is 1. The Kier molecular flexibility index (Phi) is 7.48. The van der Waals surface area contributed by atoms with Gasteiger partial charge in [0.25, 0.3) is 0 Å². The molecule has 5 nitrogen and oxygen atoms in total. The van der Waals surface area contributed by atoms with Gasteiger partial charge in [-0.3, -0.25) is 9.69 Å². The van der Waals surface area contributed by atoms with Crippen molar-refractivity contribution in [1.82, 2.24) is 10.2 Å². The number of fused-ring (bicyclic) bond motifs is 1. The van der Waals surface area contributed by atoms with Crippen LogP contribution in [0, 0.1) is 5.82 Å². The number of carbonyl (C=O) groups is 1. The third kappa shape index (κ3) is 5.39. The zero-order valence-corrected chi connectivity index (χ0v) is 19.9. The molecule has 3 aromatic rings. The van der Waals surface area contributed by atoms with Crippen LogP contribution in [0.3, 0.4) is 0 Å². The normalized spacial score (nSPS) is 16.4. The zero-order chi connectivity index (χ0) is 24.1. The molecule has 178 valence electrons. The van der Waals surface area contributed by atoms with Crippen LogP contribution in [0.15, 0.2) is 66.7 Å². The number of benzene rings is 3. The monoisotopic (exact) mass is 462 g/mol. The highest BCUT2D eigenvalue weighted by atomic mass is 19.1. The second-order valence-corrected chi connectivity index (χ2v) is 8.72. The van der Waals surface area contributed by atoms with Crippen LogP contribution >= 0.6 is 0 Å². The smallest absolute Gasteiger partial charge is 0.224 e. The van der Waals surface area contributed by atoms with Crippen LogP contribution in [0.1, 0.15) is 35.2 Å². The number of hydrogen-bond acceptors (Lipinski definition) is 4. The van der Waals surface area contributed by atoms with Crippen molar-refractivity contribution in [2.24, 2.45) is 0 Å². The predicted molar refractivity (Wildman–Crippen MR) is 131 cm³/mol. The predicted octanol–water partition coefficient (Wildman–Crippen LogP) is 4.69. The molecule has 0 saturated heterocycles. The minimum Gasteiger partial charge on any atom is -0.493 e. The first kappa shape index (κ1) is 23.8. The van der Waals surface area contributed by atoms with Crippen molar-refractivity contribution in [3.05, 3.63) is 94.8 Å². The van der Waals surface area contributed by atoms with Gasteiger partial charge in [0.1, 0.15) is 5.82 Å². The minimum absolute atomic E-state index is 0.0203. The summed E-state index contributed by atoms with van der Waals surface area (Å²) in [6.45, 7) is 3.50. The van der Waals surface area contributed by atoms with E-state index in [1.165, 1.54) is 17.7 Å². The van der Waals surface area contributed by atoms with Gasteiger partial charge in [0.05, 0.1) is 26.7 Å². The van der Waals surface area contributed by atoms with E-state index in [2.05, 4.69) is 10.2 Å². The number of rotatable bonds is 8. The van der Waals surface area contributed by atoms with Crippen molar-refractivity contribution >= 4 is 5.91 Å². The first-order valence-corrected chi connectivity index (χ1v) is 11.5. The van der Waals surface area contributed by atoms with Gasteiger partial charge < -0.3 is 14.8 Å². The molecule has 6 heteroatoms. The molecule has 0 aliphatic carbocycles. The maximum Gasteiger partial charge on any atom is 0.224 e. The molecule has 34 heavy (non-hydrogen) atoms. The van der Waals surface area contributed by atoms with Crippen LogP contribution in [0.4, 0.5) is 4.39 Å². The molecule has 4 rings (SSSR count). The zero-order valence-electron chi connectivity index (χ0n) is 19.9. The van der Waals surface area contributed by atoms with E-state index in [1.54, 1.807) is 14.2 Å². The van der Waals surface area contributed by atoms with Crippen molar-refractivity contribution in [3.63, 3.8) is 0 Å². The SMILES string of the molecule is COc1cc2c(cc1OC)[C@H]([C@H](C)NC(=O)Cc1ccccc1)N(Cc1ccc(F)cc1)CC2. The Balaban J connectivity index is 1.63. The third-order valence-electron chi connectivity index (χ3n) is 6.39. The average Bonchev–Trinajstić information content (AvgIpc) is 2.84. The molecule has 0 spiro atoms. The molecule has 3 aromatic carbocycles. The topological polar surface area (TPSA) is 50.8 Å². The van der Waals surface area contributed by atoms with Crippen molar-refractivity contribution in [2.45, 2.75) is 38.4 Å². The van der Waals surface area contributed by atoms with Crippen molar-refractivity contribution in [3.8, 4) is 11.5 Å². The minimum atomic E-state index is -0.248. The summed E-state index contributed by atoms with van der Waals surface area (Å²) in [5.74, 6) is 1.10. The summed E-state index contributed by atoms with van der Waals surface area (Å²) in [5, 5.41) is 3.22. The highest BCUT2D eigenvalue weighted by Gasteiger charge is 2.33. The van der Waals surface area contributed by atoms with Crippen molar-refractivity contribution in [2.75, 3.05) is 20.8 Å². The second kappa shape index (κ2) is 10.7. The Labute approximate surface area is 200 Å². The van der Waals surface area contributed by atoms with Gasteiger partial charge in [0.15, 0.2) is 11.5 Å². The van der Waals surface area contributed by atoms with Crippen molar-refractivity contribution < 1.29 is 18.7 Å². The number of methoxy groups -OCH3 is 2. The Morgan fingerprint density at radius 1 is 1.03 bits per heavy atom. The molecule has 0 fully saturated rings. The lowest BCUT2D eigenvalue weighted by molar-refractivity contribution is -0.121. The highest BCUT2D eigenvalue weighted by Crippen LogP contribution is 2.40. The number of halogens is 1. The largest absolute Gasteiger partial charge is 0.493 e. The molecule has 1 heterocycles. The van der Waals surface area contributed by atoms with E-state index in [9.17, 15) is 9.18 Å². The Morgan fingerprint density at radius 2 is 1.71 bits per heavy atom. The molecule has 2 atom stereocenters. The first-order chi connectivity index (χ1) is 16.5. The lowest BCUT2D eigenvalue weighted by Gasteiger charge is -2.41. The van der Waals surface area contributed by atoms with E-state index < -0.39 is 0 Å². The summed E-state index contributed by atoms with van der Waals surface area (Å²) >= 11 is 0. The van der Waals surface area contributed by atoms with E-state index >= 15 is 0 Å². The van der Waals surface area contributed by atoms with E-state index in [-0.39, 0.29) is 23.8 Å². The number of nitrogens with one attached hydrogen (secondary N) is 1. The van der Waals surface area contributed by atoms with Gasteiger partial charge in [0.2, 0.25) is 5.91 Å². The van der Waals surface area contributed by atoms with Gasteiger partial charge in [0, 0.05) is 19.1 Å². The van der Waals surface area contributed by atoms with Gasteiger partial charge in [-0.1, -0.05) is 42.5 Å². The second-order valence-electron chi connectivity index (χ2n) is 8.72. The van der Waals surface area contributed by atoms with Gasteiger partial charge >= 0.3 is 0 Å². The Hall–Kier alpha value is -3.38. The fourth-order valence-electron chi connectivity index (χ4n) is 4.78. The van der Waals surface area contributed by atoms with Crippen LogP contribution in [-0.2, 0) is 24.2 Å². The fraction of sp³-hybridized carbons (Fsp3) is 0.321. The van der Waals surface area contributed by atoms with Gasteiger partial charge in [-0.25, -0.2) is 4.39 Å². The number of amides is 1. The molecule has 0 aromatic heterocycles. The first-order valence-electron chi connectivity index (χ1n) is 11.5. The van der Waals surface area contributed by atoms with E-state index in [4.69, 9.17) is 9.47 Å². The molecule has 0 unspecified atom stereocenters. The van der Waals surface area contributed by atoms with Crippen LogP contribution in [0.5, 0.6) is 11.5 Å².